The molecule has 0 radical (unpaired) electrons. The molecule has 0 spiro atoms. The molecule has 3 aromatic rings. The monoisotopic (exact) mass is 490 g/mol. The highest BCUT2D eigenvalue weighted by Gasteiger charge is 2.20. The third-order valence-electron chi connectivity index (χ3n) is 5.06. The minimum absolute atomic E-state index is 0.137. The summed E-state index contributed by atoms with van der Waals surface area (Å²) in [7, 11) is -3.54. The van der Waals surface area contributed by atoms with Gasteiger partial charge in [-0.3, -0.25) is 9.10 Å². The summed E-state index contributed by atoms with van der Waals surface area (Å²) in [4.78, 5) is 12.4. The van der Waals surface area contributed by atoms with Crippen molar-refractivity contribution in [2.75, 3.05) is 17.1 Å². The quantitative estimate of drug-likeness (QED) is 0.469. The Morgan fingerprint density at radius 3 is 2.19 bits per heavy atom. The lowest BCUT2D eigenvalue weighted by Crippen LogP contribution is -2.30. The lowest BCUT2D eigenvalue weighted by Gasteiger charge is -2.24. The van der Waals surface area contributed by atoms with Gasteiger partial charge in [-0.25, -0.2) is 8.42 Å². The molecule has 0 bridgehead atoms. The van der Waals surface area contributed by atoms with Crippen molar-refractivity contribution in [1.82, 2.24) is 5.32 Å². The van der Waals surface area contributed by atoms with Crippen LogP contribution in [-0.4, -0.2) is 27.1 Å². The highest BCUT2D eigenvalue weighted by molar-refractivity contribution is 7.92. The van der Waals surface area contributed by atoms with Gasteiger partial charge < -0.3 is 5.32 Å². The Hall–Kier alpha value is -2.54. The molecule has 0 saturated heterocycles. The van der Waals surface area contributed by atoms with E-state index in [1.54, 1.807) is 49.4 Å². The number of halogens is 2. The molecule has 0 aliphatic heterocycles. The second-order valence-corrected chi connectivity index (χ2v) is 10.2. The van der Waals surface area contributed by atoms with Gasteiger partial charge in [-0.1, -0.05) is 53.5 Å². The number of amides is 1. The fraction of sp³-hybridized carbons (Fsp3) is 0.208. The minimum Gasteiger partial charge on any atom is -0.352 e. The summed E-state index contributed by atoms with van der Waals surface area (Å²) in [5, 5.41) is 4.07. The number of carbonyl (C=O) groups is 1. The molecule has 1 N–H and O–H groups in total. The molecule has 0 aliphatic carbocycles. The average Bonchev–Trinajstić information content (AvgIpc) is 2.75. The smallest absolute Gasteiger partial charge is 0.251 e. The van der Waals surface area contributed by atoms with Gasteiger partial charge in [-0.05, 0) is 66.4 Å². The van der Waals surface area contributed by atoms with Crippen LogP contribution in [0.1, 0.15) is 27.0 Å². The van der Waals surface area contributed by atoms with Crippen molar-refractivity contribution in [3.8, 4) is 0 Å². The molecule has 8 heteroatoms. The first-order valence-corrected chi connectivity index (χ1v) is 12.6. The van der Waals surface area contributed by atoms with Crippen LogP contribution in [0.4, 0.5) is 5.69 Å². The van der Waals surface area contributed by atoms with Crippen molar-refractivity contribution in [3.63, 3.8) is 0 Å². The number of anilines is 1. The fourth-order valence-corrected chi connectivity index (χ4v) is 4.48. The number of sulfonamides is 1. The van der Waals surface area contributed by atoms with Gasteiger partial charge in [0.05, 0.1) is 18.5 Å². The van der Waals surface area contributed by atoms with E-state index in [4.69, 9.17) is 23.2 Å². The molecular formula is C24H24Cl2N2O3S. The highest BCUT2D eigenvalue weighted by atomic mass is 35.5. The Kier molecular flexibility index (Phi) is 7.82. The first kappa shape index (κ1) is 24.1. The molecule has 0 heterocycles. The Labute approximate surface area is 199 Å². The fourth-order valence-electron chi connectivity index (χ4n) is 3.25. The number of nitrogens with one attached hydrogen (secondary N) is 1. The molecule has 3 rings (SSSR count). The topological polar surface area (TPSA) is 66.5 Å². The Balaban J connectivity index is 1.66. The maximum Gasteiger partial charge on any atom is 0.251 e. The Morgan fingerprint density at radius 2 is 1.56 bits per heavy atom. The van der Waals surface area contributed by atoms with E-state index in [0.29, 0.717) is 39.8 Å². The summed E-state index contributed by atoms with van der Waals surface area (Å²) in [6.45, 7) is 2.42. The second-order valence-electron chi connectivity index (χ2n) is 7.48. The van der Waals surface area contributed by atoms with Crippen LogP contribution in [-0.2, 0) is 23.0 Å². The van der Waals surface area contributed by atoms with Crippen LogP contribution in [0.5, 0.6) is 0 Å². The van der Waals surface area contributed by atoms with Crippen LogP contribution in [0.15, 0.2) is 66.7 Å². The third kappa shape index (κ3) is 6.25. The summed E-state index contributed by atoms with van der Waals surface area (Å²) >= 11 is 12.1. The van der Waals surface area contributed by atoms with Crippen molar-refractivity contribution in [1.29, 1.82) is 0 Å². The van der Waals surface area contributed by atoms with Gasteiger partial charge in [0, 0.05) is 22.2 Å². The molecule has 32 heavy (non-hydrogen) atoms. The summed E-state index contributed by atoms with van der Waals surface area (Å²) in [5.74, 6) is -0.184. The van der Waals surface area contributed by atoms with E-state index in [2.05, 4.69) is 5.32 Å². The number of nitrogens with zero attached hydrogens (tertiary/aromatic N) is 1. The van der Waals surface area contributed by atoms with Gasteiger partial charge in [0.1, 0.15) is 0 Å². The van der Waals surface area contributed by atoms with Crippen LogP contribution < -0.4 is 9.62 Å². The van der Waals surface area contributed by atoms with Gasteiger partial charge in [0.25, 0.3) is 5.91 Å². The van der Waals surface area contributed by atoms with Gasteiger partial charge >= 0.3 is 0 Å². The normalized spacial score (nSPS) is 11.2. The molecule has 5 nitrogen and oxygen atoms in total. The van der Waals surface area contributed by atoms with Gasteiger partial charge in [0.2, 0.25) is 10.0 Å². The summed E-state index contributed by atoms with van der Waals surface area (Å²) < 4.78 is 26.2. The standard InChI is InChI=1S/C24H24Cl2N2O3S/c1-17-22(26)4-3-5-23(17)28(32(2,30)31)16-19-6-10-20(11-7-19)24(29)27-15-14-18-8-12-21(25)13-9-18/h3-13H,14-16H2,1-2H3,(H,27,29). The number of rotatable bonds is 8. The zero-order valence-corrected chi connectivity index (χ0v) is 20.1. The molecule has 168 valence electrons. The number of hydrogen-bond donors (Lipinski definition) is 1. The van der Waals surface area contributed by atoms with Gasteiger partial charge in [-0.15, -0.1) is 0 Å². The first-order chi connectivity index (χ1) is 15.1. The van der Waals surface area contributed by atoms with E-state index in [1.165, 1.54) is 4.31 Å². The zero-order chi connectivity index (χ0) is 23.3. The van der Waals surface area contributed by atoms with E-state index in [1.807, 2.05) is 24.3 Å². The number of hydrogen-bond acceptors (Lipinski definition) is 3. The average molecular weight is 491 g/mol. The molecule has 0 aromatic heterocycles. The molecule has 3 aromatic carbocycles. The number of carbonyl (C=O) groups excluding carboxylic acids is 1. The van der Waals surface area contributed by atoms with Gasteiger partial charge in [0.15, 0.2) is 0 Å². The molecule has 1 amide bonds. The molecule has 0 unspecified atom stereocenters. The third-order valence-corrected chi connectivity index (χ3v) is 6.85. The van der Waals surface area contributed by atoms with Crippen molar-refractivity contribution in [2.45, 2.75) is 19.9 Å². The largest absolute Gasteiger partial charge is 0.352 e. The Bertz CT molecular complexity index is 1190. The predicted octanol–water partition coefficient (Wildman–Crippen LogP) is 5.24. The van der Waals surface area contributed by atoms with Crippen molar-refractivity contribution in [2.24, 2.45) is 0 Å². The van der Waals surface area contributed by atoms with Crippen LogP contribution in [0.3, 0.4) is 0 Å². The van der Waals surface area contributed by atoms with E-state index in [0.717, 1.165) is 17.4 Å². The number of benzene rings is 3. The van der Waals surface area contributed by atoms with E-state index in [-0.39, 0.29) is 12.5 Å². The van der Waals surface area contributed by atoms with Crippen LogP contribution >= 0.6 is 23.2 Å². The molecule has 0 fully saturated rings. The van der Waals surface area contributed by atoms with E-state index >= 15 is 0 Å². The summed E-state index contributed by atoms with van der Waals surface area (Å²) in [5.41, 5.74) is 3.57. The lowest BCUT2D eigenvalue weighted by molar-refractivity contribution is 0.0954. The van der Waals surface area contributed by atoms with Gasteiger partial charge in [-0.2, -0.15) is 0 Å². The molecule has 0 aliphatic rings. The van der Waals surface area contributed by atoms with Crippen molar-refractivity contribution >= 4 is 44.8 Å². The maximum atomic E-state index is 12.4. The molecule has 0 atom stereocenters. The van der Waals surface area contributed by atoms with E-state index < -0.39 is 10.0 Å². The second kappa shape index (κ2) is 10.4. The zero-order valence-electron chi connectivity index (χ0n) is 17.8. The lowest BCUT2D eigenvalue weighted by atomic mass is 10.1. The van der Waals surface area contributed by atoms with E-state index in [9.17, 15) is 13.2 Å². The predicted molar refractivity (Wildman–Crippen MR) is 131 cm³/mol. The first-order valence-electron chi connectivity index (χ1n) is 9.99. The van der Waals surface area contributed by atoms with Crippen molar-refractivity contribution in [3.05, 3.63) is 99.0 Å². The Morgan fingerprint density at radius 1 is 0.938 bits per heavy atom. The maximum absolute atomic E-state index is 12.4. The highest BCUT2D eigenvalue weighted by Crippen LogP contribution is 2.29. The SMILES string of the molecule is Cc1c(Cl)cccc1N(Cc1ccc(C(=O)NCCc2ccc(Cl)cc2)cc1)S(C)(=O)=O. The summed E-state index contributed by atoms with van der Waals surface area (Å²) in [6.07, 6.45) is 1.86. The minimum atomic E-state index is -3.54. The van der Waals surface area contributed by atoms with Crippen molar-refractivity contribution < 1.29 is 13.2 Å². The molecular weight excluding hydrogens is 467 g/mol. The van der Waals surface area contributed by atoms with Crippen LogP contribution in [0, 0.1) is 6.92 Å². The van der Waals surface area contributed by atoms with Crippen LogP contribution in [0.25, 0.3) is 0 Å². The molecule has 0 saturated carbocycles. The van der Waals surface area contributed by atoms with Crippen LogP contribution in [0.2, 0.25) is 10.0 Å². The summed E-state index contributed by atoms with van der Waals surface area (Å²) in [6, 6.07) is 19.6.